The van der Waals surface area contributed by atoms with Gasteiger partial charge in [0.25, 0.3) is 0 Å². The lowest BCUT2D eigenvalue weighted by molar-refractivity contribution is -0.161. The minimum absolute atomic E-state index is 0.0843. The number of ether oxygens (including phenoxy) is 4. The van der Waals surface area contributed by atoms with E-state index < -0.39 is 97.5 Å². The molecule has 3 N–H and O–H groups in total. The van der Waals surface area contributed by atoms with Crippen LogP contribution in [0.4, 0.5) is 0 Å². The maximum Gasteiger partial charge on any atom is 0.472 e. The van der Waals surface area contributed by atoms with Gasteiger partial charge in [-0.1, -0.05) is 278 Å². The molecule has 0 spiro atoms. The van der Waals surface area contributed by atoms with Crippen LogP contribution in [0.2, 0.25) is 0 Å². The molecule has 17 nitrogen and oxygen atoms in total. The molecule has 5 atom stereocenters. The van der Waals surface area contributed by atoms with E-state index in [0.717, 1.165) is 115 Å². The quantitative estimate of drug-likeness (QED) is 0.0169. The van der Waals surface area contributed by atoms with Crippen LogP contribution in [0, 0.1) is 17.8 Å². The Kier molecular flexibility index (Phi) is 59.7. The number of carbonyl (C=O) groups excluding carboxylic acids is 4. The highest BCUT2D eigenvalue weighted by atomic mass is 31.2. The molecule has 0 aliphatic rings. The minimum atomic E-state index is -4.96. The van der Waals surface area contributed by atoms with E-state index in [1.54, 1.807) is 0 Å². The number of hydrogen-bond donors (Lipinski definition) is 3. The van der Waals surface area contributed by atoms with Gasteiger partial charge >= 0.3 is 39.5 Å². The number of aliphatic hydroxyl groups excluding tert-OH is 1. The lowest BCUT2D eigenvalue weighted by Crippen LogP contribution is -2.30. The zero-order chi connectivity index (χ0) is 66.6. The highest BCUT2D eigenvalue weighted by Gasteiger charge is 2.30. The van der Waals surface area contributed by atoms with E-state index in [1.807, 2.05) is 0 Å². The van der Waals surface area contributed by atoms with E-state index in [-0.39, 0.29) is 25.7 Å². The molecule has 0 fully saturated rings. The van der Waals surface area contributed by atoms with Crippen LogP contribution in [0.25, 0.3) is 0 Å². The van der Waals surface area contributed by atoms with Crippen molar-refractivity contribution in [3.8, 4) is 0 Å². The number of phosphoric acid groups is 2. The van der Waals surface area contributed by atoms with Crippen LogP contribution in [-0.4, -0.2) is 96.7 Å². The van der Waals surface area contributed by atoms with Crippen LogP contribution in [0.5, 0.6) is 0 Å². The molecular formula is C71H134O17P2. The first-order valence-corrected chi connectivity index (χ1v) is 39.2. The second-order valence-electron chi connectivity index (χ2n) is 26.4. The summed E-state index contributed by atoms with van der Waals surface area (Å²) in [6.07, 6.45) is 48.1. The Balaban J connectivity index is 5.29. The summed E-state index contributed by atoms with van der Waals surface area (Å²) in [5.74, 6) is 0.0305. The standard InChI is InChI=1S/C71H134O17P2/c1-8-9-10-11-12-13-14-15-16-17-20-24-32-40-47-54-70(75)87-66(58-81-68(73)52-45-38-31-23-21-18-19-22-28-35-42-49-62(2)3)60-85-89(77,78)83-56-65(72)57-84-90(79,80)86-61-67(59-82-69(74)53-46-39-34-27-30-37-44-51-64(6)7)88-71(76)55-48-41-33-26-25-29-36-43-50-63(4)5/h13-16,62-67,72H,8-12,17-61H2,1-7H3,(H,77,78)(H,79,80)/b14-13-,16-15-/t65?,66-,67-/m1/s1. The molecule has 0 aromatic carbocycles. The second kappa shape index (κ2) is 61.4. The number of phosphoric ester groups is 2. The fourth-order valence-electron chi connectivity index (χ4n) is 10.2. The highest BCUT2D eigenvalue weighted by molar-refractivity contribution is 7.47. The second-order valence-corrected chi connectivity index (χ2v) is 29.3. The fourth-order valence-corrected chi connectivity index (χ4v) is 11.8. The van der Waals surface area contributed by atoms with E-state index >= 15 is 0 Å². The van der Waals surface area contributed by atoms with Crippen LogP contribution < -0.4 is 0 Å². The summed E-state index contributed by atoms with van der Waals surface area (Å²) in [6, 6.07) is 0. The first-order valence-electron chi connectivity index (χ1n) is 36.2. The molecular weight excluding hydrogens is 1190 g/mol. The monoisotopic (exact) mass is 1320 g/mol. The highest BCUT2D eigenvalue weighted by Crippen LogP contribution is 2.45. The molecule has 0 heterocycles. The Labute approximate surface area is 548 Å². The van der Waals surface area contributed by atoms with Crippen molar-refractivity contribution in [2.75, 3.05) is 39.6 Å². The van der Waals surface area contributed by atoms with Crippen molar-refractivity contribution in [3.63, 3.8) is 0 Å². The van der Waals surface area contributed by atoms with Crippen LogP contribution >= 0.6 is 15.6 Å². The van der Waals surface area contributed by atoms with Gasteiger partial charge in [0, 0.05) is 25.7 Å². The number of aliphatic hydroxyl groups is 1. The molecule has 19 heteroatoms. The average molecular weight is 1320 g/mol. The molecule has 0 radical (unpaired) electrons. The Morgan fingerprint density at radius 1 is 0.344 bits per heavy atom. The van der Waals surface area contributed by atoms with Crippen LogP contribution in [0.1, 0.15) is 331 Å². The van der Waals surface area contributed by atoms with Gasteiger partial charge in [-0.15, -0.1) is 0 Å². The normalized spacial score (nSPS) is 14.4. The van der Waals surface area contributed by atoms with Crippen LogP contribution in [0.15, 0.2) is 24.3 Å². The summed E-state index contributed by atoms with van der Waals surface area (Å²) in [6.45, 7) is 11.7. The van der Waals surface area contributed by atoms with Crippen molar-refractivity contribution >= 4 is 39.5 Å². The molecule has 0 bridgehead atoms. The van der Waals surface area contributed by atoms with Crippen molar-refractivity contribution in [1.29, 1.82) is 0 Å². The van der Waals surface area contributed by atoms with E-state index in [4.69, 9.17) is 37.0 Å². The van der Waals surface area contributed by atoms with E-state index in [2.05, 4.69) is 72.8 Å². The van der Waals surface area contributed by atoms with E-state index in [9.17, 15) is 43.2 Å². The van der Waals surface area contributed by atoms with Gasteiger partial charge in [0.05, 0.1) is 26.4 Å². The Morgan fingerprint density at radius 3 is 0.900 bits per heavy atom. The predicted octanol–water partition coefficient (Wildman–Crippen LogP) is 19.8. The van der Waals surface area contributed by atoms with Gasteiger partial charge in [-0.25, -0.2) is 9.13 Å². The molecule has 530 valence electrons. The Bertz CT molecular complexity index is 1860. The molecule has 0 saturated heterocycles. The summed E-state index contributed by atoms with van der Waals surface area (Å²) in [4.78, 5) is 72.5. The number of esters is 4. The van der Waals surface area contributed by atoms with Crippen LogP contribution in [-0.2, 0) is 65.4 Å². The summed E-state index contributed by atoms with van der Waals surface area (Å²) < 4.78 is 68.2. The number of unbranched alkanes of at least 4 members (excludes halogenated alkanes) is 32. The molecule has 0 rings (SSSR count). The summed E-state index contributed by atoms with van der Waals surface area (Å²) >= 11 is 0. The molecule has 0 aliphatic carbocycles. The average Bonchev–Trinajstić information content (AvgIpc) is 2.94. The third-order valence-corrected chi connectivity index (χ3v) is 17.7. The Morgan fingerprint density at radius 2 is 0.600 bits per heavy atom. The first kappa shape index (κ1) is 87.5. The summed E-state index contributed by atoms with van der Waals surface area (Å²) in [5.41, 5.74) is 0. The van der Waals surface area contributed by atoms with Gasteiger partial charge in [-0.2, -0.15) is 0 Å². The van der Waals surface area contributed by atoms with E-state index in [0.29, 0.717) is 37.5 Å². The topological polar surface area (TPSA) is 237 Å². The van der Waals surface area contributed by atoms with Gasteiger partial charge in [0.1, 0.15) is 19.3 Å². The smallest absolute Gasteiger partial charge is 0.462 e. The fraction of sp³-hybridized carbons (Fsp3) is 0.887. The van der Waals surface area contributed by atoms with Crippen molar-refractivity contribution < 1.29 is 80.2 Å². The predicted molar refractivity (Wildman–Crippen MR) is 363 cm³/mol. The van der Waals surface area contributed by atoms with Crippen LogP contribution in [0.3, 0.4) is 0 Å². The molecule has 0 aromatic heterocycles. The first-order chi connectivity index (χ1) is 43.2. The van der Waals surface area contributed by atoms with Gasteiger partial charge in [-0.3, -0.25) is 37.3 Å². The Hall–Kier alpha value is -2.46. The van der Waals surface area contributed by atoms with Crippen molar-refractivity contribution in [2.45, 2.75) is 349 Å². The SMILES string of the molecule is CCCCCC/C=C\C=C/CCCCCCCC(=O)O[C@H](COC(=O)CCCCCCCCCCCCCC(C)C)COP(=O)(O)OCC(O)COP(=O)(O)OC[C@@H](COC(=O)CCCCCCCCCC(C)C)OC(=O)CCCCCCCCCCC(C)C. The lowest BCUT2D eigenvalue weighted by atomic mass is 10.0. The summed E-state index contributed by atoms with van der Waals surface area (Å²) in [5, 5.41) is 10.6. The number of hydrogen-bond acceptors (Lipinski definition) is 15. The van der Waals surface area contributed by atoms with Gasteiger partial charge in [0.2, 0.25) is 0 Å². The third kappa shape index (κ3) is 64.3. The number of allylic oxidation sites excluding steroid dienone is 4. The molecule has 0 amide bonds. The molecule has 3 unspecified atom stereocenters. The van der Waals surface area contributed by atoms with E-state index in [1.165, 1.54) is 122 Å². The van der Waals surface area contributed by atoms with Gasteiger partial charge in [-0.05, 0) is 69.1 Å². The molecule has 0 saturated carbocycles. The molecule has 0 aliphatic heterocycles. The maximum absolute atomic E-state index is 13.0. The number of rotatable bonds is 67. The zero-order valence-corrected chi connectivity index (χ0v) is 59.9. The summed E-state index contributed by atoms with van der Waals surface area (Å²) in [7, 11) is -9.92. The van der Waals surface area contributed by atoms with Gasteiger partial charge in [0.15, 0.2) is 12.2 Å². The number of carbonyl (C=O) groups is 4. The molecule has 0 aromatic rings. The zero-order valence-electron chi connectivity index (χ0n) is 58.1. The van der Waals surface area contributed by atoms with Crippen molar-refractivity contribution in [2.24, 2.45) is 17.8 Å². The maximum atomic E-state index is 13.0. The molecule has 90 heavy (non-hydrogen) atoms. The third-order valence-electron chi connectivity index (χ3n) is 15.8. The minimum Gasteiger partial charge on any atom is -0.462 e. The van der Waals surface area contributed by atoms with Crippen molar-refractivity contribution in [3.05, 3.63) is 24.3 Å². The van der Waals surface area contributed by atoms with Crippen molar-refractivity contribution in [1.82, 2.24) is 0 Å². The lowest BCUT2D eigenvalue weighted by Gasteiger charge is -2.21. The van der Waals surface area contributed by atoms with Gasteiger partial charge < -0.3 is 33.8 Å². The largest absolute Gasteiger partial charge is 0.472 e.